The van der Waals surface area contributed by atoms with Gasteiger partial charge < -0.3 is 9.84 Å². The largest absolute Gasteiger partial charge is 0.466 e. The second-order valence-corrected chi connectivity index (χ2v) is 4.13. The van der Waals surface area contributed by atoms with E-state index in [4.69, 9.17) is 4.74 Å². The summed E-state index contributed by atoms with van der Waals surface area (Å²) < 4.78 is 5.38. The summed E-state index contributed by atoms with van der Waals surface area (Å²) in [6, 6.07) is 0. The predicted octanol–water partition coefficient (Wildman–Crippen LogP) is 3.53. The number of unbranched alkanes of at least 4 members (excludes halogenated alkanes) is 2. The van der Waals surface area contributed by atoms with Gasteiger partial charge in [0.1, 0.15) is 0 Å². The van der Waals surface area contributed by atoms with Crippen molar-refractivity contribution in [1.29, 1.82) is 0 Å². The van der Waals surface area contributed by atoms with E-state index in [1.165, 1.54) is 0 Å². The summed E-state index contributed by atoms with van der Waals surface area (Å²) in [5, 5.41) is 10.3. The molecular formula is C13H22O2. The minimum atomic E-state index is -1.03. The highest BCUT2D eigenvalue weighted by Crippen LogP contribution is 2.31. The maximum absolute atomic E-state index is 10.3. The summed E-state index contributed by atoms with van der Waals surface area (Å²) in [6.45, 7) is 4.28. The molecule has 86 valence electrons. The van der Waals surface area contributed by atoms with Crippen LogP contribution in [0.5, 0.6) is 0 Å². The molecule has 15 heavy (non-hydrogen) atoms. The van der Waals surface area contributed by atoms with Gasteiger partial charge in [-0.3, -0.25) is 0 Å². The Morgan fingerprint density at radius 3 is 2.67 bits per heavy atom. The third-order valence-corrected chi connectivity index (χ3v) is 2.81. The molecule has 1 rings (SSSR count). The molecule has 0 spiro atoms. The summed E-state index contributed by atoms with van der Waals surface area (Å²) in [7, 11) is 0. The number of rotatable bonds is 6. The van der Waals surface area contributed by atoms with E-state index in [0.29, 0.717) is 6.42 Å². The van der Waals surface area contributed by atoms with Gasteiger partial charge in [0, 0.05) is 12.0 Å². The minimum Gasteiger partial charge on any atom is -0.466 e. The van der Waals surface area contributed by atoms with E-state index >= 15 is 0 Å². The fourth-order valence-electron chi connectivity index (χ4n) is 1.79. The lowest BCUT2D eigenvalue weighted by atomic mass is 9.94. The molecule has 0 saturated heterocycles. The van der Waals surface area contributed by atoms with E-state index in [1.807, 2.05) is 12.2 Å². The highest BCUT2D eigenvalue weighted by atomic mass is 16.6. The lowest BCUT2D eigenvalue weighted by molar-refractivity contribution is -0.145. The van der Waals surface area contributed by atoms with Gasteiger partial charge >= 0.3 is 0 Å². The molecule has 0 aromatic heterocycles. The SMILES string of the molecule is CCCCC1=CC=COC1(O)CCCC. The zero-order valence-electron chi connectivity index (χ0n) is 9.83. The van der Waals surface area contributed by atoms with Crippen molar-refractivity contribution < 1.29 is 9.84 Å². The van der Waals surface area contributed by atoms with Gasteiger partial charge in [0.15, 0.2) is 0 Å². The third-order valence-electron chi connectivity index (χ3n) is 2.81. The van der Waals surface area contributed by atoms with Crippen LogP contribution in [0.4, 0.5) is 0 Å². The summed E-state index contributed by atoms with van der Waals surface area (Å²) >= 11 is 0. The molecule has 0 amide bonds. The molecule has 0 aliphatic carbocycles. The van der Waals surface area contributed by atoms with Gasteiger partial charge in [0.25, 0.3) is 0 Å². The highest BCUT2D eigenvalue weighted by molar-refractivity contribution is 5.22. The van der Waals surface area contributed by atoms with Crippen molar-refractivity contribution >= 4 is 0 Å². The number of hydrogen-bond donors (Lipinski definition) is 1. The highest BCUT2D eigenvalue weighted by Gasteiger charge is 2.32. The van der Waals surface area contributed by atoms with Crippen LogP contribution in [0.15, 0.2) is 24.0 Å². The first kappa shape index (κ1) is 12.3. The minimum absolute atomic E-state index is 0.698. The molecule has 0 radical (unpaired) electrons. The second kappa shape index (κ2) is 5.96. The lowest BCUT2D eigenvalue weighted by Gasteiger charge is -2.32. The first-order valence-corrected chi connectivity index (χ1v) is 5.99. The van der Waals surface area contributed by atoms with Crippen LogP contribution < -0.4 is 0 Å². The Morgan fingerprint density at radius 1 is 1.27 bits per heavy atom. The molecule has 2 heteroatoms. The molecule has 0 fully saturated rings. The van der Waals surface area contributed by atoms with Crippen molar-refractivity contribution in [2.45, 2.75) is 58.2 Å². The third kappa shape index (κ3) is 3.38. The monoisotopic (exact) mass is 210 g/mol. The van der Waals surface area contributed by atoms with E-state index in [-0.39, 0.29) is 0 Å². The van der Waals surface area contributed by atoms with Crippen LogP contribution in [0.2, 0.25) is 0 Å². The van der Waals surface area contributed by atoms with Gasteiger partial charge in [-0.1, -0.05) is 32.8 Å². The Bertz CT molecular complexity index is 243. The lowest BCUT2D eigenvalue weighted by Crippen LogP contribution is -2.34. The Kier molecular flexibility index (Phi) is 4.89. The van der Waals surface area contributed by atoms with E-state index < -0.39 is 5.79 Å². The Labute approximate surface area is 92.6 Å². The average Bonchev–Trinajstić information content (AvgIpc) is 2.25. The number of aliphatic hydroxyl groups is 1. The van der Waals surface area contributed by atoms with Gasteiger partial charge in [-0.25, -0.2) is 0 Å². The van der Waals surface area contributed by atoms with Crippen LogP contribution in [0, 0.1) is 0 Å². The second-order valence-electron chi connectivity index (χ2n) is 4.13. The first-order valence-electron chi connectivity index (χ1n) is 5.99. The number of hydrogen-bond acceptors (Lipinski definition) is 2. The maximum atomic E-state index is 10.3. The standard InChI is InChI=1S/C13H22O2/c1-3-5-8-12-9-7-11-15-13(12,14)10-6-4-2/h7,9,11,14H,3-6,8,10H2,1-2H3. The normalized spacial score (nSPS) is 24.9. The van der Waals surface area contributed by atoms with Crippen LogP contribution in [-0.2, 0) is 4.74 Å². The molecule has 0 aromatic rings. The summed E-state index contributed by atoms with van der Waals surface area (Å²) in [5.41, 5.74) is 1.03. The molecule has 0 aromatic carbocycles. The Morgan fingerprint density at radius 2 is 2.00 bits per heavy atom. The molecule has 0 saturated carbocycles. The fourth-order valence-corrected chi connectivity index (χ4v) is 1.79. The van der Waals surface area contributed by atoms with E-state index in [0.717, 1.165) is 37.7 Å². The molecule has 1 atom stereocenters. The molecule has 1 aliphatic heterocycles. The average molecular weight is 210 g/mol. The van der Waals surface area contributed by atoms with E-state index in [2.05, 4.69) is 13.8 Å². The molecular weight excluding hydrogens is 188 g/mol. The maximum Gasteiger partial charge on any atom is 0.230 e. The van der Waals surface area contributed by atoms with Gasteiger partial charge in [-0.15, -0.1) is 0 Å². The van der Waals surface area contributed by atoms with Crippen molar-refractivity contribution in [3.05, 3.63) is 24.0 Å². The van der Waals surface area contributed by atoms with E-state index in [1.54, 1.807) is 6.26 Å². The first-order chi connectivity index (χ1) is 7.23. The fraction of sp³-hybridized carbons (Fsp3) is 0.692. The van der Waals surface area contributed by atoms with Crippen molar-refractivity contribution in [3.63, 3.8) is 0 Å². The molecule has 1 heterocycles. The summed E-state index contributed by atoms with van der Waals surface area (Å²) in [6.07, 6.45) is 11.4. The summed E-state index contributed by atoms with van der Waals surface area (Å²) in [4.78, 5) is 0. The van der Waals surface area contributed by atoms with Crippen LogP contribution in [-0.4, -0.2) is 10.9 Å². The van der Waals surface area contributed by atoms with Gasteiger partial charge in [-0.05, 0) is 25.3 Å². The van der Waals surface area contributed by atoms with Crippen molar-refractivity contribution in [2.24, 2.45) is 0 Å². The van der Waals surface area contributed by atoms with Gasteiger partial charge in [0.2, 0.25) is 5.79 Å². The van der Waals surface area contributed by atoms with Gasteiger partial charge in [-0.2, -0.15) is 0 Å². The van der Waals surface area contributed by atoms with Crippen molar-refractivity contribution in [3.8, 4) is 0 Å². The van der Waals surface area contributed by atoms with Crippen molar-refractivity contribution in [1.82, 2.24) is 0 Å². The zero-order valence-corrected chi connectivity index (χ0v) is 9.83. The quantitative estimate of drug-likeness (QED) is 0.726. The zero-order chi connectivity index (χ0) is 11.1. The topological polar surface area (TPSA) is 29.5 Å². The number of allylic oxidation sites excluding steroid dienone is 2. The van der Waals surface area contributed by atoms with Gasteiger partial charge in [0.05, 0.1) is 6.26 Å². The molecule has 1 unspecified atom stereocenters. The smallest absolute Gasteiger partial charge is 0.230 e. The molecule has 2 nitrogen and oxygen atoms in total. The number of ether oxygens (including phenoxy) is 1. The molecule has 1 N–H and O–H groups in total. The van der Waals surface area contributed by atoms with Crippen LogP contribution in [0.25, 0.3) is 0 Å². The molecule has 1 aliphatic rings. The van der Waals surface area contributed by atoms with Crippen LogP contribution in [0.1, 0.15) is 52.4 Å². The van der Waals surface area contributed by atoms with Crippen LogP contribution >= 0.6 is 0 Å². The molecule has 0 bridgehead atoms. The Hall–Kier alpha value is -0.760. The summed E-state index contributed by atoms with van der Waals surface area (Å²) in [5.74, 6) is -1.03. The van der Waals surface area contributed by atoms with Crippen molar-refractivity contribution in [2.75, 3.05) is 0 Å². The van der Waals surface area contributed by atoms with E-state index in [9.17, 15) is 5.11 Å². The predicted molar refractivity (Wildman–Crippen MR) is 62.3 cm³/mol. The van der Waals surface area contributed by atoms with Crippen LogP contribution in [0.3, 0.4) is 0 Å². The Balaban J connectivity index is 2.60.